The molecule has 3 aromatic rings. The number of hydrogen-bond acceptors (Lipinski definition) is 3. The van der Waals surface area contributed by atoms with Crippen LogP contribution in [0.2, 0.25) is 5.02 Å². The minimum Gasteiger partial charge on any atom is -0.354 e. The number of sulfonamides is 1. The Morgan fingerprint density at radius 1 is 0.903 bits per heavy atom. The van der Waals surface area contributed by atoms with Crippen molar-refractivity contribution in [3.05, 3.63) is 95.0 Å². The maximum Gasteiger partial charge on any atom is 0.264 e. The highest BCUT2D eigenvalue weighted by Crippen LogP contribution is 2.24. The van der Waals surface area contributed by atoms with E-state index < -0.39 is 10.0 Å². The number of aryl methyl sites for hydroxylation is 1. The molecule has 0 atom stereocenters. The van der Waals surface area contributed by atoms with Crippen molar-refractivity contribution >= 4 is 33.2 Å². The first-order valence-corrected chi connectivity index (χ1v) is 11.9. The summed E-state index contributed by atoms with van der Waals surface area (Å²) in [4.78, 5) is 12.8. The summed E-state index contributed by atoms with van der Waals surface area (Å²) in [6.07, 6.45) is 1.47. The van der Waals surface area contributed by atoms with Crippen LogP contribution in [0, 0.1) is 0 Å². The van der Waals surface area contributed by atoms with E-state index in [1.54, 1.807) is 42.5 Å². The summed E-state index contributed by atoms with van der Waals surface area (Å²) in [7, 11) is -3.89. The predicted molar refractivity (Wildman–Crippen MR) is 125 cm³/mol. The molecule has 0 fully saturated rings. The van der Waals surface area contributed by atoms with Crippen LogP contribution in [-0.4, -0.2) is 27.4 Å². The Kier molecular flexibility index (Phi) is 7.71. The molecule has 0 aliphatic heterocycles. The largest absolute Gasteiger partial charge is 0.354 e. The number of hydrogen-bond donors (Lipinski definition) is 1. The van der Waals surface area contributed by atoms with Crippen molar-refractivity contribution in [2.75, 3.05) is 17.4 Å². The first kappa shape index (κ1) is 22.8. The van der Waals surface area contributed by atoms with Crippen LogP contribution in [0.5, 0.6) is 0 Å². The number of amides is 1. The number of nitrogens with zero attached hydrogens (tertiary/aromatic N) is 1. The zero-order chi connectivity index (χ0) is 22.3. The van der Waals surface area contributed by atoms with E-state index in [4.69, 9.17) is 11.6 Å². The third kappa shape index (κ3) is 6.09. The standard InChI is InChI=1S/C24H25ClN2O3S/c1-2-19-10-14-22(15-11-19)27(31(29,30)23-6-4-3-5-7-23)18-24(28)26-17-16-20-8-12-21(25)13-9-20/h3-15H,2,16-18H2,1H3,(H,26,28). The molecule has 162 valence electrons. The molecule has 0 aromatic heterocycles. The zero-order valence-electron chi connectivity index (χ0n) is 17.3. The summed E-state index contributed by atoms with van der Waals surface area (Å²) >= 11 is 5.89. The van der Waals surface area contributed by atoms with E-state index in [0.717, 1.165) is 21.9 Å². The van der Waals surface area contributed by atoms with Gasteiger partial charge in [0.1, 0.15) is 6.54 Å². The highest BCUT2D eigenvalue weighted by atomic mass is 35.5. The fourth-order valence-corrected chi connectivity index (χ4v) is 4.68. The van der Waals surface area contributed by atoms with E-state index in [1.807, 2.05) is 31.2 Å². The molecule has 1 N–H and O–H groups in total. The Bertz CT molecular complexity index is 1100. The molecule has 0 spiro atoms. The summed E-state index contributed by atoms with van der Waals surface area (Å²) < 4.78 is 27.7. The minimum absolute atomic E-state index is 0.142. The van der Waals surface area contributed by atoms with Crippen LogP contribution < -0.4 is 9.62 Å². The van der Waals surface area contributed by atoms with Crippen molar-refractivity contribution < 1.29 is 13.2 Å². The van der Waals surface area contributed by atoms with Gasteiger partial charge in [-0.3, -0.25) is 9.10 Å². The molecule has 1 amide bonds. The molecule has 3 rings (SSSR count). The zero-order valence-corrected chi connectivity index (χ0v) is 18.9. The Labute approximate surface area is 188 Å². The van der Waals surface area contributed by atoms with Crippen LogP contribution in [0.3, 0.4) is 0 Å². The summed E-state index contributed by atoms with van der Waals surface area (Å²) in [6.45, 7) is 2.12. The lowest BCUT2D eigenvalue weighted by Gasteiger charge is -2.24. The van der Waals surface area contributed by atoms with Crippen LogP contribution in [0.4, 0.5) is 5.69 Å². The Morgan fingerprint density at radius 3 is 2.13 bits per heavy atom. The topological polar surface area (TPSA) is 66.5 Å². The van der Waals surface area contributed by atoms with Crippen LogP contribution in [0.25, 0.3) is 0 Å². The normalized spacial score (nSPS) is 11.2. The molecule has 5 nitrogen and oxygen atoms in total. The van der Waals surface area contributed by atoms with Gasteiger partial charge in [0, 0.05) is 11.6 Å². The monoisotopic (exact) mass is 456 g/mol. The number of benzene rings is 3. The van der Waals surface area contributed by atoms with E-state index in [9.17, 15) is 13.2 Å². The molecule has 3 aromatic carbocycles. The maximum atomic E-state index is 13.3. The average molecular weight is 457 g/mol. The van der Waals surface area contributed by atoms with E-state index in [-0.39, 0.29) is 17.3 Å². The van der Waals surface area contributed by atoms with E-state index in [2.05, 4.69) is 5.32 Å². The Hall–Kier alpha value is -2.83. The average Bonchev–Trinajstić information content (AvgIpc) is 2.79. The first-order chi connectivity index (χ1) is 14.9. The molecule has 31 heavy (non-hydrogen) atoms. The van der Waals surface area contributed by atoms with Gasteiger partial charge in [-0.25, -0.2) is 8.42 Å². The third-order valence-corrected chi connectivity index (χ3v) is 6.94. The molecule has 0 radical (unpaired) electrons. The second-order valence-corrected chi connectivity index (χ2v) is 9.37. The van der Waals surface area contributed by atoms with E-state index in [1.165, 1.54) is 12.1 Å². The minimum atomic E-state index is -3.89. The molecule has 0 saturated heterocycles. The van der Waals surface area contributed by atoms with Gasteiger partial charge >= 0.3 is 0 Å². The third-order valence-electron chi connectivity index (χ3n) is 4.90. The Morgan fingerprint density at radius 2 is 1.52 bits per heavy atom. The molecular formula is C24H25ClN2O3S. The smallest absolute Gasteiger partial charge is 0.264 e. The van der Waals surface area contributed by atoms with Crippen molar-refractivity contribution in [1.29, 1.82) is 0 Å². The van der Waals surface area contributed by atoms with Gasteiger partial charge in [0.2, 0.25) is 5.91 Å². The lowest BCUT2D eigenvalue weighted by Crippen LogP contribution is -2.41. The maximum absolute atomic E-state index is 13.3. The summed E-state index contributed by atoms with van der Waals surface area (Å²) in [6, 6.07) is 22.8. The SMILES string of the molecule is CCc1ccc(N(CC(=O)NCCc2ccc(Cl)cc2)S(=O)(=O)c2ccccc2)cc1. The number of anilines is 1. The van der Waals surface area contributed by atoms with Crippen LogP contribution >= 0.6 is 11.6 Å². The number of rotatable bonds is 9. The van der Waals surface area contributed by atoms with Gasteiger partial charge in [-0.05, 0) is 60.4 Å². The molecule has 0 bridgehead atoms. The number of carbonyl (C=O) groups is 1. The first-order valence-electron chi connectivity index (χ1n) is 10.1. The summed E-state index contributed by atoms with van der Waals surface area (Å²) in [5, 5.41) is 3.47. The van der Waals surface area contributed by atoms with Crippen molar-refractivity contribution in [1.82, 2.24) is 5.32 Å². The predicted octanol–water partition coefficient (Wildman–Crippen LogP) is 4.46. The molecule has 0 heterocycles. The Balaban J connectivity index is 1.75. The lowest BCUT2D eigenvalue weighted by atomic mass is 10.1. The highest BCUT2D eigenvalue weighted by Gasteiger charge is 2.27. The molecule has 0 unspecified atom stereocenters. The van der Waals surface area contributed by atoms with Gasteiger partial charge < -0.3 is 5.32 Å². The van der Waals surface area contributed by atoms with Gasteiger partial charge in [-0.2, -0.15) is 0 Å². The van der Waals surface area contributed by atoms with Crippen molar-refractivity contribution in [2.24, 2.45) is 0 Å². The molecule has 0 aliphatic carbocycles. The molecule has 0 saturated carbocycles. The van der Waals surface area contributed by atoms with Gasteiger partial charge in [-0.15, -0.1) is 0 Å². The number of carbonyl (C=O) groups excluding carboxylic acids is 1. The van der Waals surface area contributed by atoms with Crippen LogP contribution in [0.15, 0.2) is 83.8 Å². The van der Waals surface area contributed by atoms with Crippen molar-refractivity contribution in [3.63, 3.8) is 0 Å². The van der Waals surface area contributed by atoms with E-state index >= 15 is 0 Å². The van der Waals surface area contributed by atoms with Gasteiger partial charge in [0.05, 0.1) is 10.6 Å². The van der Waals surface area contributed by atoms with Crippen molar-refractivity contribution in [3.8, 4) is 0 Å². The fourth-order valence-electron chi connectivity index (χ4n) is 3.12. The van der Waals surface area contributed by atoms with Gasteiger partial charge in [0.15, 0.2) is 0 Å². The quantitative estimate of drug-likeness (QED) is 0.517. The van der Waals surface area contributed by atoms with Crippen LogP contribution in [-0.2, 0) is 27.7 Å². The molecule has 0 aliphatic rings. The van der Waals surface area contributed by atoms with Crippen molar-refractivity contribution in [2.45, 2.75) is 24.7 Å². The number of halogens is 1. The lowest BCUT2D eigenvalue weighted by molar-refractivity contribution is -0.119. The highest BCUT2D eigenvalue weighted by molar-refractivity contribution is 7.92. The van der Waals surface area contributed by atoms with Crippen LogP contribution in [0.1, 0.15) is 18.1 Å². The number of nitrogens with one attached hydrogen (secondary N) is 1. The van der Waals surface area contributed by atoms with Gasteiger partial charge in [0.25, 0.3) is 10.0 Å². The molecule has 7 heteroatoms. The summed E-state index contributed by atoms with van der Waals surface area (Å²) in [5.41, 5.74) is 2.58. The second kappa shape index (κ2) is 10.5. The van der Waals surface area contributed by atoms with E-state index in [0.29, 0.717) is 23.7 Å². The van der Waals surface area contributed by atoms with Gasteiger partial charge in [-0.1, -0.05) is 61.0 Å². The summed E-state index contributed by atoms with van der Waals surface area (Å²) in [5.74, 6) is -0.368. The molecular weight excluding hydrogens is 432 g/mol. The fraction of sp³-hybridized carbons (Fsp3) is 0.208. The second-order valence-electron chi connectivity index (χ2n) is 7.07.